The average molecular weight is 294 g/mol. The third-order valence-electron chi connectivity index (χ3n) is 3.58. The molecule has 8 nitrogen and oxygen atoms in total. The fourth-order valence-electron chi connectivity index (χ4n) is 2.60. The van der Waals surface area contributed by atoms with Crippen molar-refractivity contribution in [2.75, 3.05) is 0 Å². The van der Waals surface area contributed by atoms with E-state index in [-0.39, 0.29) is 18.4 Å². The van der Waals surface area contributed by atoms with E-state index in [1.54, 1.807) is 11.9 Å². The highest BCUT2D eigenvalue weighted by Crippen LogP contribution is 2.18. The van der Waals surface area contributed by atoms with Crippen molar-refractivity contribution < 1.29 is 9.59 Å². The topological polar surface area (TPSA) is 93.0 Å². The van der Waals surface area contributed by atoms with Gasteiger partial charge in [0, 0.05) is 0 Å². The summed E-state index contributed by atoms with van der Waals surface area (Å²) in [5.41, 5.74) is 0. The second-order valence-electron chi connectivity index (χ2n) is 5.32. The third kappa shape index (κ3) is 3.37. The van der Waals surface area contributed by atoms with Gasteiger partial charge in [-0.25, -0.2) is 0 Å². The summed E-state index contributed by atoms with van der Waals surface area (Å²) >= 11 is 0. The zero-order valence-corrected chi connectivity index (χ0v) is 12.7. The number of carbonyl (C=O) groups excluding carboxylic acids is 2. The van der Waals surface area contributed by atoms with Gasteiger partial charge in [-0.05, 0) is 18.1 Å². The van der Waals surface area contributed by atoms with Gasteiger partial charge in [0.15, 0.2) is 5.82 Å². The van der Waals surface area contributed by atoms with Crippen LogP contribution in [0.15, 0.2) is 0 Å². The van der Waals surface area contributed by atoms with Gasteiger partial charge in [-0.15, -0.1) is 10.2 Å². The second-order valence-corrected chi connectivity index (χ2v) is 5.32. The Hall–Kier alpha value is -1.99. The molecule has 0 saturated carbocycles. The van der Waals surface area contributed by atoms with Crippen LogP contribution >= 0.6 is 0 Å². The smallest absolute Gasteiger partial charge is 0.246 e. The van der Waals surface area contributed by atoms with Crippen molar-refractivity contribution in [2.45, 2.75) is 58.2 Å². The van der Waals surface area contributed by atoms with Crippen molar-refractivity contribution in [1.29, 1.82) is 0 Å². The molecule has 1 fully saturated rings. The first-order chi connectivity index (χ1) is 10.1. The Morgan fingerprint density at radius 1 is 1.19 bits per heavy atom. The molecule has 2 heterocycles. The summed E-state index contributed by atoms with van der Waals surface area (Å²) in [6.45, 7) is 4.21. The number of hydrogen-bond donors (Lipinski definition) is 1. The lowest BCUT2D eigenvalue weighted by Gasteiger charge is -2.38. The van der Waals surface area contributed by atoms with Crippen LogP contribution in [0.5, 0.6) is 0 Å². The highest BCUT2D eigenvalue weighted by Gasteiger charge is 2.39. The van der Waals surface area contributed by atoms with E-state index < -0.39 is 12.1 Å². The molecule has 2 unspecified atom stereocenters. The zero-order chi connectivity index (χ0) is 15.4. The fourth-order valence-corrected chi connectivity index (χ4v) is 2.60. The van der Waals surface area contributed by atoms with Crippen LogP contribution in [0.3, 0.4) is 0 Å². The minimum atomic E-state index is -0.445. The molecule has 2 atom stereocenters. The molecular formula is C13H22N6O2. The van der Waals surface area contributed by atoms with Gasteiger partial charge >= 0.3 is 0 Å². The van der Waals surface area contributed by atoms with Gasteiger partial charge < -0.3 is 10.2 Å². The number of nitrogens with one attached hydrogen (secondary N) is 1. The maximum atomic E-state index is 12.6. The largest absolute Gasteiger partial charge is 0.343 e. The molecule has 21 heavy (non-hydrogen) atoms. The minimum absolute atomic E-state index is 0.0534. The molecule has 116 valence electrons. The van der Waals surface area contributed by atoms with Crippen LogP contribution in [0, 0.1) is 0 Å². The predicted molar refractivity (Wildman–Crippen MR) is 74.9 cm³/mol. The monoisotopic (exact) mass is 294 g/mol. The summed E-state index contributed by atoms with van der Waals surface area (Å²) in [6, 6.07) is -0.883. The first kappa shape index (κ1) is 15.4. The molecule has 2 amide bonds. The summed E-state index contributed by atoms with van der Waals surface area (Å²) in [5, 5.41) is 14.6. The van der Waals surface area contributed by atoms with Gasteiger partial charge in [0.05, 0.1) is 13.6 Å². The SMILES string of the molecule is CCCC1NC(=O)C(CCC)N(Cc2nnn(C)n2)C1=O. The van der Waals surface area contributed by atoms with Crippen LogP contribution in [0.25, 0.3) is 0 Å². The Morgan fingerprint density at radius 3 is 2.48 bits per heavy atom. The van der Waals surface area contributed by atoms with Gasteiger partial charge in [0.1, 0.15) is 12.1 Å². The number of rotatable bonds is 6. The predicted octanol–water partition coefficient (Wildman–Crippen LogP) is 0.00590. The maximum absolute atomic E-state index is 12.6. The fraction of sp³-hybridized carbons (Fsp3) is 0.769. The van der Waals surface area contributed by atoms with Crippen molar-refractivity contribution >= 4 is 11.8 Å². The maximum Gasteiger partial charge on any atom is 0.246 e. The lowest BCUT2D eigenvalue weighted by molar-refractivity contribution is -0.150. The van der Waals surface area contributed by atoms with Crippen molar-refractivity contribution in [1.82, 2.24) is 30.4 Å². The first-order valence-electron chi connectivity index (χ1n) is 7.40. The number of piperazine rings is 1. The number of amides is 2. The summed E-state index contributed by atoms with van der Waals surface area (Å²) in [6.07, 6.45) is 2.95. The Kier molecular flexibility index (Phi) is 4.87. The Labute approximate surface area is 123 Å². The normalized spacial score (nSPS) is 22.5. The van der Waals surface area contributed by atoms with Gasteiger partial charge in [0.25, 0.3) is 0 Å². The molecule has 1 aliphatic rings. The Balaban J connectivity index is 2.20. The molecule has 2 rings (SSSR count). The zero-order valence-electron chi connectivity index (χ0n) is 12.7. The van der Waals surface area contributed by atoms with E-state index in [2.05, 4.69) is 20.7 Å². The van der Waals surface area contributed by atoms with Crippen LogP contribution in [0.4, 0.5) is 0 Å². The number of hydrogen-bond acceptors (Lipinski definition) is 5. The molecule has 1 aromatic heterocycles. The average Bonchev–Trinajstić information content (AvgIpc) is 2.85. The number of tetrazole rings is 1. The lowest BCUT2D eigenvalue weighted by Crippen LogP contribution is -2.62. The Morgan fingerprint density at radius 2 is 1.90 bits per heavy atom. The molecule has 0 radical (unpaired) electrons. The van der Waals surface area contributed by atoms with Gasteiger partial charge in [-0.2, -0.15) is 4.80 Å². The number of carbonyl (C=O) groups is 2. The second kappa shape index (κ2) is 6.64. The molecule has 1 N–H and O–H groups in total. The third-order valence-corrected chi connectivity index (χ3v) is 3.58. The van der Waals surface area contributed by atoms with E-state index in [4.69, 9.17) is 0 Å². The van der Waals surface area contributed by atoms with Gasteiger partial charge in [0.2, 0.25) is 11.8 Å². The summed E-state index contributed by atoms with van der Waals surface area (Å²) in [7, 11) is 1.67. The first-order valence-corrected chi connectivity index (χ1v) is 7.40. The minimum Gasteiger partial charge on any atom is -0.343 e. The van der Waals surface area contributed by atoms with E-state index in [0.29, 0.717) is 18.7 Å². The molecule has 0 aliphatic carbocycles. The highest BCUT2D eigenvalue weighted by molar-refractivity contribution is 5.96. The van der Waals surface area contributed by atoms with Crippen LogP contribution in [-0.2, 0) is 23.2 Å². The van der Waals surface area contributed by atoms with Gasteiger partial charge in [-0.3, -0.25) is 9.59 Å². The summed E-state index contributed by atoms with van der Waals surface area (Å²) in [4.78, 5) is 27.8. The standard InChI is InChI=1S/C13H22N6O2/c1-4-6-9-13(21)19(8-11-15-17-18(3)16-11)10(7-5-2)12(20)14-9/h9-10H,4-8H2,1-3H3,(H,14,20). The van der Waals surface area contributed by atoms with Crippen molar-refractivity contribution in [3.05, 3.63) is 5.82 Å². The van der Waals surface area contributed by atoms with Gasteiger partial charge in [-0.1, -0.05) is 26.7 Å². The Bertz CT molecular complexity index is 515. The van der Waals surface area contributed by atoms with E-state index in [9.17, 15) is 9.59 Å². The molecule has 1 saturated heterocycles. The van der Waals surface area contributed by atoms with Crippen LogP contribution in [-0.4, -0.2) is 49.0 Å². The van der Waals surface area contributed by atoms with Crippen LogP contribution in [0.1, 0.15) is 45.4 Å². The van der Waals surface area contributed by atoms with Crippen molar-refractivity contribution in [2.24, 2.45) is 7.05 Å². The van der Waals surface area contributed by atoms with E-state index in [1.165, 1.54) is 4.80 Å². The van der Waals surface area contributed by atoms with E-state index >= 15 is 0 Å². The molecule has 1 aliphatic heterocycles. The number of nitrogens with zero attached hydrogens (tertiary/aromatic N) is 5. The molecule has 8 heteroatoms. The number of aryl methyl sites for hydroxylation is 1. The molecule has 0 spiro atoms. The lowest BCUT2D eigenvalue weighted by atomic mass is 10.0. The number of aromatic nitrogens is 4. The van der Waals surface area contributed by atoms with Crippen LogP contribution in [0.2, 0.25) is 0 Å². The molecule has 1 aromatic rings. The van der Waals surface area contributed by atoms with Crippen molar-refractivity contribution in [3.8, 4) is 0 Å². The summed E-state index contributed by atoms with van der Waals surface area (Å²) < 4.78 is 0. The van der Waals surface area contributed by atoms with E-state index in [1.807, 2.05) is 13.8 Å². The molecule has 0 bridgehead atoms. The highest BCUT2D eigenvalue weighted by atomic mass is 16.2. The molecule has 0 aromatic carbocycles. The van der Waals surface area contributed by atoms with E-state index in [0.717, 1.165) is 12.8 Å². The van der Waals surface area contributed by atoms with Crippen LogP contribution < -0.4 is 5.32 Å². The summed E-state index contributed by atoms with van der Waals surface area (Å²) in [5.74, 6) is 0.318. The quantitative estimate of drug-likeness (QED) is 0.797. The molecular weight excluding hydrogens is 272 g/mol. The van der Waals surface area contributed by atoms with Crippen molar-refractivity contribution in [3.63, 3.8) is 0 Å².